The van der Waals surface area contributed by atoms with Crippen LogP contribution in [0.5, 0.6) is 0 Å². The predicted molar refractivity (Wildman–Crippen MR) is 80.5 cm³/mol. The maximum Gasteiger partial charge on any atom is 0.124 e. The summed E-state index contributed by atoms with van der Waals surface area (Å²) in [5.41, 5.74) is 2.34. The molecule has 0 saturated carbocycles. The van der Waals surface area contributed by atoms with Gasteiger partial charge in [0, 0.05) is 28.9 Å². The van der Waals surface area contributed by atoms with E-state index in [0.29, 0.717) is 12.0 Å². The van der Waals surface area contributed by atoms with E-state index in [2.05, 4.69) is 34.0 Å². The minimum Gasteiger partial charge on any atom is -0.395 e. The Morgan fingerprint density at radius 2 is 2.37 bits per heavy atom. The highest BCUT2D eigenvalue weighted by Crippen LogP contribution is 2.29. The summed E-state index contributed by atoms with van der Waals surface area (Å²) in [4.78, 5) is 7.07. The minimum atomic E-state index is 0.253. The Labute approximate surface area is 121 Å². The van der Waals surface area contributed by atoms with Crippen molar-refractivity contribution in [2.75, 3.05) is 13.2 Å². The molecule has 3 heterocycles. The third kappa shape index (κ3) is 2.74. The summed E-state index contributed by atoms with van der Waals surface area (Å²) < 4.78 is 0. The molecule has 0 radical (unpaired) electrons. The van der Waals surface area contributed by atoms with Crippen molar-refractivity contribution in [3.63, 3.8) is 0 Å². The quantitative estimate of drug-likeness (QED) is 0.941. The average Bonchev–Trinajstić information content (AvgIpc) is 3.11. The molecule has 2 aromatic heterocycles. The van der Waals surface area contributed by atoms with Crippen LogP contribution in [0.4, 0.5) is 0 Å². The maximum absolute atomic E-state index is 9.48. The second-order valence-electron chi connectivity index (χ2n) is 5.14. The minimum absolute atomic E-state index is 0.253. The third-order valence-electron chi connectivity index (χ3n) is 3.87. The molecule has 102 valence electrons. The molecule has 19 heavy (non-hydrogen) atoms. The Bertz CT molecular complexity index is 523. The van der Waals surface area contributed by atoms with Crippen LogP contribution >= 0.6 is 22.7 Å². The molecule has 2 unspecified atom stereocenters. The largest absolute Gasteiger partial charge is 0.395 e. The molecule has 0 spiro atoms. The molecule has 0 aromatic carbocycles. The number of thiophene rings is 1. The van der Waals surface area contributed by atoms with Crippen molar-refractivity contribution in [1.29, 1.82) is 0 Å². The van der Waals surface area contributed by atoms with Gasteiger partial charge >= 0.3 is 0 Å². The second-order valence-corrected chi connectivity index (χ2v) is 6.78. The predicted octanol–water partition coefficient (Wildman–Crippen LogP) is 3.07. The van der Waals surface area contributed by atoms with Crippen LogP contribution in [-0.4, -0.2) is 34.2 Å². The van der Waals surface area contributed by atoms with Gasteiger partial charge in [0.05, 0.1) is 12.3 Å². The lowest BCUT2D eigenvalue weighted by Crippen LogP contribution is -2.34. The van der Waals surface area contributed by atoms with Gasteiger partial charge in [-0.3, -0.25) is 4.90 Å². The van der Waals surface area contributed by atoms with Gasteiger partial charge in [0.1, 0.15) is 5.01 Å². The molecule has 0 aliphatic carbocycles. The van der Waals surface area contributed by atoms with Crippen LogP contribution in [0.25, 0.3) is 10.6 Å². The van der Waals surface area contributed by atoms with Crippen LogP contribution in [-0.2, 0) is 6.54 Å². The van der Waals surface area contributed by atoms with Gasteiger partial charge in [-0.25, -0.2) is 4.98 Å². The molecule has 2 atom stereocenters. The second kappa shape index (κ2) is 5.71. The lowest BCUT2D eigenvalue weighted by Gasteiger charge is -2.23. The summed E-state index contributed by atoms with van der Waals surface area (Å²) in [6, 6.07) is 2.41. The number of aromatic nitrogens is 1. The van der Waals surface area contributed by atoms with E-state index in [1.54, 1.807) is 22.7 Å². The zero-order valence-corrected chi connectivity index (χ0v) is 12.6. The van der Waals surface area contributed by atoms with E-state index in [-0.39, 0.29) is 6.61 Å². The van der Waals surface area contributed by atoms with Crippen molar-refractivity contribution in [3.8, 4) is 10.6 Å². The molecule has 5 heteroatoms. The zero-order chi connectivity index (χ0) is 13.2. The lowest BCUT2D eigenvalue weighted by atomic mass is 10.0. The van der Waals surface area contributed by atoms with E-state index in [4.69, 9.17) is 4.98 Å². The first-order valence-corrected chi connectivity index (χ1v) is 8.42. The Balaban J connectivity index is 1.71. The molecule has 1 aliphatic rings. The Morgan fingerprint density at radius 1 is 1.47 bits per heavy atom. The van der Waals surface area contributed by atoms with Crippen molar-refractivity contribution in [2.24, 2.45) is 5.92 Å². The van der Waals surface area contributed by atoms with Gasteiger partial charge in [-0.05, 0) is 30.3 Å². The number of aliphatic hydroxyl groups is 1. The van der Waals surface area contributed by atoms with Crippen LogP contribution < -0.4 is 0 Å². The molecular formula is C14H18N2OS2. The van der Waals surface area contributed by atoms with Crippen molar-refractivity contribution in [1.82, 2.24) is 9.88 Å². The fourth-order valence-electron chi connectivity index (χ4n) is 2.69. The normalized spacial score (nSPS) is 24.1. The maximum atomic E-state index is 9.48. The summed E-state index contributed by atoms with van der Waals surface area (Å²) in [7, 11) is 0. The fourth-order valence-corrected chi connectivity index (χ4v) is 4.21. The fraction of sp³-hybridized carbons (Fsp3) is 0.500. The first kappa shape index (κ1) is 13.2. The SMILES string of the molecule is CC1CCN(Cc2csc(-c3ccsc3)n2)C1CO. The van der Waals surface area contributed by atoms with Crippen LogP contribution in [0.15, 0.2) is 22.2 Å². The van der Waals surface area contributed by atoms with Crippen LogP contribution in [0.3, 0.4) is 0 Å². The van der Waals surface area contributed by atoms with Gasteiger partial charge in [0.2, 0.25) is 0 Å². The Hall–Kier alpha value is -0.750. The zero-order valence-electron chi connectivity index (χ0n) is 11.0. The number of hydrogen-bond donors (Lipinski definition) is 1. The van der Waals surface area contributed by atoms with Gasteiger partial charge in [-0.1, -0.05) is 6.92 Å². The smallest absolute Gasteiger partial charge is 0.124 e. The molecule has 3 nitrogen and oxygen atoms in total. The molecule has 1 fully saturated rings. The summed E-state index contributed by atoms with van der Waals surface area (Å²) in [6.45, 7) is 4.40. The highest BCUT2D eigenvalue weighted by atomic mass is 32.1. The molecule has 1 aliphatic heterocycles. The van der Waals surface area contributed by atoms with Crippen molar-refractivity contribution in [3.05, 3.63) is 27.9 Å². The highest BCUT2D eigenvalue weighted by molar-refractivity contribution is 7.14. The highest BCUT2D eigenvalue weighted by Gasteiger charge is 2.30. The number of thiazole rings is 1. The van der Waals surface area contributed by atoms with Crippen LogP contribution in [0, 0.1) is 5.92 Å². The summed E-state index contributed by atoms with van der Waals surface area (Å²) >= 11 is 3.41. The van der Waals surface area contributed by atoms with Gasteiger partial charge in [0.25, 0.3) is 0 Å². The summed E-state index contributed by atoms with van der Waals surface area (Å²) in [6.07, 6.45) is 1.17. The van der Waals surface area contributed by atoms with E-state index >= 15 is 0 Å². The van der Waals surface area contributed by atoms with Gasteiger partial charge < -0.3 is 5.11 Å². The molecule has 3 rings (SSSR count). The average molecular weight is 294 g/mol. The van der Waals surface area contributed by atoms with Crippen LogP contribution in [0.1, 0.15) is 19.0 Å². The standard InChI is InChI=1S/C14H18N2OS2/c1-10-2-4-16(13(10)7-17)6-12-9-19-14(15-12)11-3-5-18-8-11/h3,5,8-10,13,17H,2,4,6-7H2,1H3. The molecule has 0 bridgehead atoms. The number of likely N-dealkylation sites (tertiary alicyclic amines) is 1. The van der Waals surface area contributed by atoms with Gasteiger partial charge in [-0.15, -0.1) is 11.3 Å². The van der Waals surface area contributed by atoms with Crippen molar-refractivity contribution in [2.45, 2.75) is 25.9 Å². The van der Waals surface area contributed by atoms with E-state index in [1.807, 2.05) is 0 Å². The van der Waals surface area contributed by atoms with E-state index < -0.39 is 0 Å². The number of aliphatic hydroxyl groups excluding tert-OH is 1. The number of rotatable bonds is 4. The first-order valence-electron chi connectivity index (χ1n) is 6.60. The molecule has 2 aromatic rings. The lowest BCUT2D eigenvalue weighted by molar-refractivity contribution is 0.133. The van der Waals surface area contributed by atoms with Gasteiger partial charge in [0.15, 0.2) is 0 Å². The Morgan fingerprint density at radius 3 is 3.11 bits per heavy atom. The number of hydrogen-bond acceptors (Lipinski definition) is 5. The van der Waals surface area contributed by atoms with Crippen LogP contribution in [0.2, 0.25) is 0 Å². The molecule has 0 amide bonds. The van der Waals surface area contributed by atoms with Gasteiger partial charge in [-0.2, -0.15) is 11.3 Å². The summed E-state index contributed by atoms with van der Waals surface area (Å²) in [5.74, 6) is 0.583. The van der Waals surface area contributed by atoms with Crippen molar-refractivity contribution >= 4 is 22.7 Å². The number of nitrogens with zero attached hydrogens (tertiary/aromatic N) is 2. The van der Waals surface area contributed by atoms with E-state index in [9.17, 15) is 5.11 Å². The van der Waals surface area contributed by atoms with E-state index in [0.717, 1.165) is 23.8 Å². The summed E-state index contributed by atoms with van der Waals surface area (Å²) in [5, 5.41) is 16.9. The topological polar surface area (TPSA) is 36.4 Å². The first-order chi connectivity index (χ1) is 9.28. The molecule has 1 saturated heterocycles. The third-order valence-corrected chi connectivity index (χ3v) is 5.49. The molecular weight excluding hydrogens is 276 g/mol. The van der Waals surface area contributed by atoms with Crippen molar-refractivity contribution < 1.29 is 5.11 Å². The van der Waals surface area contributed by atoms with E-state index in [1.165, 1.54) is 12.0 Å². The molecule has 1 N–H and O–H groups in total. The Kier molecular flexibility index (Phi) is 3.98. The monoisotopic (exact) mass is 294 g/mol.